The number of aromatic nitrogens is 1. The molecule has 23 heavy (non-hydrogen) atoms. The van der Waals surface area contributed by atoms with E-state index in [1.165, 1.54) is 4.57 Å². The lowest BCUT2D eigenvalue weighted by Crippen LogP contribution is -2.36. The van der Waals surface area contributed by atoms with Gasteiger partial charge in [0.05, 0.1) is 11.5 Å². The summed E-state index contributed by atoms with van der Waals surface area (Å²) in [6.07, 6.45) is -3.43. The van der Waals surface area contributed by atoms with Crippen LogP contribution in [-0.4, -0.2) is 61.7 Å². The fourth-order valence-electron chi connectivity index (χ4n) is 2.29. The van der Waals surface area contributed by atoms with E-state index in [1.54, 1.807) is 0 Å². The van der Waals surface area contributed by atoms with Crippen molar-refractivity contribution in [3.63, 3.8) is 0 Å². The summed E-state index contributed by atoms with van der Waals surface area (Å²) in [5, 5.41) is 37.8. The van der Waals surface area contributed by atoms with Gasteiger partial charge >= 0.3 is 5.97 Å². The summed E-state index contributed by atoms with van der Waals surface area (Å²) >= 11 is 6.16. The Kier molecular flexibility index (Phi) is 5.87. The monoisotopic (exact) mass is 363 g/mol. The number of aliphatic carboxylic acids is 1. The molecule has 10 heteroatoms. The number of nitrogens with zero attached hydrogens (tertiary/aromatic N) is 1. The van der Waals surface area contributed by atoms with E-state index in [-0.39, 0.29) is 31.9 Å². The fourth-order valence-corrected chi connectivity index (χ4v) is 3.68. The van der Waals surface area contributed by atoms with Gasteiger partial charge in [0.25, 0.3) is 0 Å². The average molecular weight is 363 g/mol. The number of aromatic hydroxyl groups is 1. The van der Waals surface area contributed by atoms with E-state index >= 15 is 0 Å². The Labute approximate surface area is 140 Å². The molecule has 0 bridgehead atoms. The minimum Gasteiger partial charge on any atom is -0.494 e. The largest absolute Gasteiger partial charge is 0.494 e. The van der Waals surface area contributed by atoms with Crippen molar-refractivity contribution in [3.05, 3.63) is 8.83 Å². The number of carbonyl (C=O) groups excluding carboxylic acids is 1. The number of aliphatic hydroxyl groups excluding tert-OH is 2. The Hall–Kier alpha value is -1.33. The second-order valence-electron chi connectivity index (χ2n) is 5.22. The van der Waals surface area contributed by atoms with Crippen LogP contribution in [0.2, 0.25) is 0 Å². The van der Waals surface area contributed by atoms with Crippen LogP contribution in [0.1, 0.15) is 17.7 Å². The summed E-state index contributed by atoms with van der Waals surface area (Å²) in [6.45, 7) is 0.123. The lowest BCUT2D eigenvalue weighted by atomic mass is 10.1. The Morgan fingerprint density at radius 2 is 2.09 bits per heavy atom. The van der Waals surface area contributed by atoms with Gasteiger partial charge in [-0.3, -0.25) is 14.2 Å². The molecule has 0 amide bonds. The molecule has 1 fully saturated rings. The number of carboxylic acids is 1. The van der Waals surface area contributed by atoms with Gasteiger partial charge in [0.1, 0.15) is 18.3 Å². The van der Waals surface area contributed by atoms with Crippen molar-refractivity contribution < 1.29 is 34.8 Å². The molecule has 0 spiro atoms. The number of carboxylic acid groups (broad SMARTS) is 1. The highest BCUT2D eigenvalue weighted by Crippen LogP contribution is 2.28. The Morgan fingerprint density at radius 3 is 2.65 bits per heavy atom. The van der Waals surface area contributed by atoms with Crippen molar-refractivity contribution in [2.75, 3.05) is 6.61 Å². The molecule has 1 saturated heterocycles. The van der Waals surface area contributed by atoms with Crippen LogP contribution in [0, 0.1) is 3.95 Å². The third kappa shape index (κ3) is 4.15. The molecule has 2 rings (SSSR count). The van der Waals surface area contributed by atoms with Crippen molar-refractivity contribution in [3.8, 4) is 5.88 Å². The Balaban J connectivity index is 2.05. The van der Waals surface area contributed by atoms with Crippen molar-refractivity contribution in [2.24, 2.45) is 0 Å². The molecule has 4 N–H and O–H groups in total. The smallest absolute Gasteiger partial charge is 0.303 e. The zero-order chi connectivity index (χ0) is 17.1. The van der Waals surface area contributed by atoms with Crippen molar-refractivity contribution in [1.29, 1.82) is 0 Å². The summed E-state index contributed by atoms with van der Waals surface area (Å²) in [5.41, 5.74) is 0. The predicted molar refractivity (Wildman–Crippen MR) is 82.1 cm³/mol. The highest BCUT2D eigenvalue weighted by atomic mass is 32.1. The molecule has 0 aromatic carbocycles. The minimum absolute atomic E-state index is 0.0503. The molecular formula is C13H17NO7S2. The number of carbonyl (C=O) groups is 2. The Morgan fingerprint density at radius 1 is 1.39 bits per heavy atom. The van der Waals surface area contributed by atoms with Crippen LogP contribution in [0.5, 0.6) is 5.88 Å². The number of ketones is 1. The van der Waals surface area contributed by atoms with Crippen molar-refractivity contribution in [2.45, 2.75) is 44.1 Å². The first kappa shape index (κ1) is 18.0. The second-order valence-corrected chi connectivity index (χ2v) is 6.95. The number of thiazole rings is 1. The molecule has 0 aliphatic carbocycles. The molecule has 0 saturated carbocycles. The lowest BCUT2D eigenvalue weighted by molar-refractivity contribution is -0.137. The zero-order valence-electron chi connectivity index (χ0n) is 12.0. The first-order chi connectivity index (χ1) is 10.8. The van der Waals surface area contributed by atoms with Gasteiger partial charge in [-0.25, -0.2) is 0 Å². The van der Waals surface area contributed by atoms with Gasteiger partial charge in [-0.1, -0.05) is 0 Å². The minimum atomic E-state index is -1.28. The number of aliphatic hydroxyl groups is 2. The molecule has 1 aliphatic rings. The quantitative estimate of drug-likeness (QED) is 0.501. The van der Waals surface area contributed by atoms with Crippen LogP contribution in [0.25, 0.3) is 0 Å². The highest BCUT2D eigenvalue weighted by molar-refractivity contribution is 7.73. The fraction of sp³-hybridized carbons (Fsp3) is 0.615. The normalized spacial score (nSPS) is 24.0. The molecular weight excluding hydrogens is 346 g/mol. The topological polar surface area (TPSA) is 129 Å². The molecule has 2 heterocycles. The van der Waals surface area contributed by atoms with E-state index in [2.05, 4.69) is 0 Å². The zero-order valence-corrected chi connectivity index (χ0v) is 13.7. The first-order valence-electron chi connectivity index (χ1n) is 6.95. The summed E-state index contributed by atoms with van der Waals surface area (Å²) in [7, 11) is 0. The number of hydrogen-bond donors (Lipinski definition) is 4. The SMILES string of the molecule is O=C(O)CCCn1c(O)c(CC(=O)C2OC[C@@H](O)[C@@H]2O)sc1=S. The van der Waals surface area contributed by atoms with E-state index in [0.29, 0.717) is 15.3 Å². The second kappa shape index (κ2) is 7.49. The van der Waals surface area contributed by atoms with E-state index in [0.717, 1.165) is 11.3 Å². The molecule has 1 aromatic heterocycles. The molecule has 1 aliphatic heterocycles. The summed E-state index contributed by atoms with van der Waals surface area (Å²) < 4.78 is 6.77. The van der Waals surface area contributed by atoms with Gasteiger partial charge in [-0.2, -0.15) is 0 Å². The molecule has 8 nitrogen and oxygen atoms in total. The van der Waals surface area contributed by atoms with Crippen LogP contribution in [0.4, 0.5) is 0 Å². The number of Topliss-reactive ketones (excluding diaryl/α,β-unsaturated/α-hetero) is 1. The van der Waals surface area contributed by atoms with Crippen LogP contribution in [-0.2, 0) is 27.3 Å². The van der Waals surface area contributed by atoms with Gasteiger partial charge in [0, 0.05) is 19.4 Å². The van der Waals surface area contributed by atoms with Crippen molar-refractivity contribution in [1.82, 2.24) is 4.57 Å². The first-order valence-corrected chi connectivity index (χ1v) is 8.17. The van der Waals surface area contributed by atoms with Gasteiger partial charge in [-0.15, -0.1) is 11.3 Å². The Bertz CT molecular complexity index is 653. The number of hydrogen-bond acceptors (Lipinski definition) is 8. The van der Waals surface area contributed by atoms with Gasteiger partial charge < -0.3 is 25.2 Å². The van der Waals surface area contributed by atoms with Crippen LogP contribution in [0.3, 0.4) is 0 Å². The maximum Gasteiger partial charge on any atom is 0.303 e. The van der Waals surface area contributed by atoms with E-state index in [9.17, 15) is 24.9 Å². The van der Waals surface area contributed by atoms with E-state index in [1.807, 2.05) is 0 Å². The molecule has 128 valence electrons. The van der Waals surface area contributed by atoms with Crippen LogP contribution < -0.4 is 0 Å². The lowest BCUT2D eigenvalue weighted by Gasteiger charge is -2.13. The third-order valence-corrected chi connectivity index (χ3v) is 4.95. The number of ether oxygens (including phenoxy) is 1. The average Bonchev–Trinajstić information content (AvgIpc) is 2.93. The summed E-state index contributed by atoms with van der Waals surface area (Å²) in [5.74, 6) is -1.57. The molecule has 3 atom stereocenters. The maximum atomic E-state index is 12.1. The van der Waals surface area contributed by atoms with Gasteiger partial charge in [0.15, 0.2) is 9.74 Å². The summed E-state index contributed by atoms with van der Waals surface area (Å²) in [6, 6.07) is 0. The molecule has 1 unspecified atom stereocenters. The van der Waals surface area contributed by atoms with Gasteiger partial charge in [0.2, 0.25) is 5.88 Å². The van der Waals surface area contributed by atoms with Crippen molar-refractivity contribution >= 4 is 35.3 Å². The van der Waals surface area contributed by atoms with Crippen LogP contribution >= 0.6 is 23.6 Å². The van der Waals surface area contributed by atoms with E-state index < -0.39 is 30.1 Å². The standard InChI is InChI=1S/C13H17NO7S2/c15-6(11-10(19)7(16)5-21-11)4-8-12(20)14(13(22)23-8)3-1-2-9(17)18/h7,10-11,16,19-20H,1-5H2,(H,17,18)/t7-,10+,11?/m1/s1. The van der Waals surface area contributed by atoms with E-state index in [4.69, 9.17) is 22.1 Å². The van der Waals surface area contributed by atoms with Crippen LogP contribution in [0.15, 0.2) is 0 Å². The highest BCUT2D eigenvalue weighted by Gasteiger charge is 2.39. The summed E-state index contributed by atoms with van der Waals surface area (Å²) in [4.78, 5) is 23.0. The molecule has 1 aromatic rings. The van der Waals surface area contributed by atoms with Gasteiger partial charge in [-0.05, 0) is 18.6 Å². The maximum absolute atomic E-state index is 12.1. The predicted octanol–water partition coefficient (Wildman–Crippen LogP) is 0.0817. The number of rotatable bonds is 7. The molecule has 0 radical (unpaired) electrons. The third-order valence-electron chi connectivity index (χ3n) is 3.51.